The van der Waals surface area contributed by atoms with Crippen LogP contribution in [0.4, 0.5) is 5.69 Å². The van der Waals surface area contributed by atoms with Crippen molar-refractivity contribution in [2.24, 2.45) is 5.92 Å². The first kappa shape index (κ1) is 18.4. The number of carbonyl (C=O) groups is 2. The predicted molar refractivity (Wildman–Crippen MR) is 103 cm³/mol. The summed E-state index contributed by atoms with van der Waals surface area (Å²) in [4.78, 5) is 25.2. The molecule has 138 valence electrons. The van der Waals surface area contributed by atoms with Gasteiger partial charge in [0.25, 0.3) is 11.8 Å². The molecule has 1 fully saturated rings. The first-order valence-electron chi connectivity index (χ1n) is 8.94. The molecule has 0 saturated heterocycles. The van der Waals surface area contributed by atoms with Crippen LogP contribution in [0.1, 0.15) is 58.3 Å². The molecule has 2 aromatic rings. The summed E-state index contributed by atoms with van der Waals surface area (Å²) in [6, 6.07) is 9.75. The van der Waals surface area contributed by atoms with Crippen molar-refractivity contribution in [3.63, 3.8) is 0 Å². The quantitative estimate of drug-likeness (QED) is 0.752. The van der Waals surface area contributed by atoms with Gasteiger partial charge in [-0.05, 0) is 35.9 Å². The highest BCUT2D eigenvalue weighted by Gasteiger charge is 2.27. The molecule has 7 heteroatoms. The Kier molecular flexibility index (Phi) is 5.88. The lowest BCUT2D eigenvalue weighted by molar-refractivity contribution is 0.0915. The van der Waals surface area contributed by atoms with E-state index in [1.807, 2.05) is 30.3 Å². The van der Waals surface area contributed by atoms with Crippen LogP contribution in [0, 0.1) is 5.92 Å². The SMILES string of the molecule is C[C@@H]1CCCC[C@H]1NC(=O)c1snc(C(=O)NCc2ccccc2)c1N. The minimum atomic E-state index is -0.368. The molecular weight excluding hydrogens is 348 g/mol. The number of nitrogen functional groups attached to an aromatic ring is 1. The van der Waals surface area contributed by atoms with E-state index in [-0.39, 0.29) is 29.2 Å². The van der Waals surface area contributed by atoms with E-state index in [1.54, 1.807) is 0 Å². The van der Waals surface area contributed by atoms with Gasteiger partial charge in [0, 0.05) is 12.6 Å². The molecule has 0 spiro atoms. The minimum Gasteiger partial charge on any atom is -0.395 e. The van der Waals surface area contributed by atoms with E-state index in [1.165, 1.54) is 6.42 Å². The molecule has 2 atom stereocenters. The number of benzene rings is 1. The second-order valence-corrected chi connectivity index (χ2v) is 7.56. The van der Waals surface area contributed by atoms with Crippen LogP contribution in [0.15, 0.2) is 30.3 Å². The maximum Gasteiger partial charge on any atom is 0.273 e. The molecule has 1 aromatic carbocycles. The summed E-state index contributed by atoms with van der Waals surface area (Å²) < 4.78 is 4.10. The molecule has 0 bridgehead atoms. The molecule has 4 N–H and O–H groups in total. The molecule has 3 rings (SSSR count). The van der Waals surface area contributed by atoms with Gasteiger partial charge in [-0.1, -0.05) is 50.1 Å². The van der Waals surface area contributed by atoms with Crippen LogP contribution in [0.3, 0.4) is 0 Å². The molecule has 0 radical (unpaired) electrons. The topological polar surface area (TPSA) is 97.1 Å². The molecular formula is C19H24N4O2S. The third-order valence-corrected chi connectivity index (χ3v) is 5.73. The number of hydrogen-bond acceptors (Lipinski definition) is 5. The fourth-order valence-electron chi connectivity index (χ4n) is 3.25. The average Bonchev–Trinajstić information content (AvgIpc) is 3.04. The Morgan fingerprint density at radius 1 is 1.19 bits per heavy atom. The van der Waals surface area contributed by atoms with Crippen molar-refractivity contribution in [1.82, 2.24) is 15.0 Å². The molecule has 0 unspecified atom stereocenters. The fraction of sp³-hybridized carbons (Fsp3) is 0.421. The highest BCUT2D eigenvalue weighted by Crippen LogP contribution is 2.26. The Labute approximate surface area is 157 Å². The predicted octanol–water partition coefficient (Wildman–Crippen LogP) is 2.96. The third kappa shape index (κ3) is 4.22. The number of anilines is 1. The van der Waals surface area contributed by atoms with Crippen LogP contribution in [-0.2, 0) is 6.54 Å². The first-order valence-corrected chi connectivity index (χ1v) is 9.71. The Morgan fingerprint density at radius 2 is 1.92 bits per heavy atom. The van der Waals surface area contributed by atoms with Crippen molar-refractivity contribution in [2.45, 2.75) is 45.2 Å². The van der Waals surface area contributed by atoms with Crippen molar-refractivity contribution < 1.29 is 9.59 Å². The molecule has 6 nitrogen and oxygen atoms in total. The van der Waals surface area contributed by atoms with Gasteiger partial charge in [0.2, 0.25) is 0 Å². The average molecular weight is 372 g/mol. The standard InChI is InChI=1S/C19H24N4O2S/c1-12-7-5-6-10-14(12)22-19(25)17-15(20)16(23-26-17)18(24)21-11-13-8-3-2-4-9-13/h2-4,8-9,12,14H,5-7,10-11,20H2,1H3,(H,21,24)(H,22,25)/t12-,14-/m1/s1. The van der Waals surface area contributed by atoms with Crippen molar-refractivity contribution >= 4 is 29.0 Å². The van der Waals surface area contributed by atoms with Crippen LogP contribution in [0.5, 0.6) is 0 Å². The Morgan fingerprint density at radius 3 is 2.65 bits per heavy atom. The van der Waals surface area contributed by atoms with Gasteiger partial charge < -0.3 is 16.4 Å². The summed E-state index contributed by atoms with van der Waals surface area (Å²) in [5, 5.41) is 5.85. The Balaban J connectivity index is 1.63. The molecule has 1 aromatic heterocycles. The first-order chi connectivity index (χ1) is 12.6. The lowest BCUT2D eigenvalue weighted by Crippen LogP contribution is -2.41. The van der Waals surface area contributed by atoms with Gasteiger partial charge in [0.15, 0.2) is 5.69 Å². The fourth-order valence-corrected chi connectivity index (χ4v) is 3.95. The van der Waals surface area contributed by atoms with Crippen molar-refractivity contribution in [3.8, 4) is 0 Å². The molecule has 1 aliphatic carbocycles. The molecule has 0 aliphatic heterocycles. The van der Waals surface area contributed by atoms with E-state index < -0.39 is 0 Å². The van der Waals surface area contributed by atoms with Crippen LogP contribution < -0.4 is 16.4 Å². The van der Waals surface area contributed by atoms with Gasteiger partial charge in [-0.25, -0.2) is 0 Å². The van der Waals surface area contributed by atoms with E-state index in [0.29, 0.717) is 17.3 Å². The Hall–Kier alpha value is -2.41. The highest BCUT2D eigenvalue weighted by molar-refractivity contribution is 7.09. The number of nitrogens with two attached hydrogens (primary N) is 1. The summed E-state index contributed by atoms with van der Waals surface area (Å²) in [7, 11) is 0. The van der Waals surface area contributed by atoms with E-state index in [9.17, 15) is 9.59 Å². The van der Waals surface area contributed by atoms with E-state index in [2.05, 4.69) is 21.9 Å². The van der Waals surface area contributed by atoms with Crippen LogP contribution in [0.25, 0.3) is 0 Å². The summed E-state index contributed by atoms with van der Waals surface area (Å²) >= 11 is 0.976. The number of carbonyl (C=O) groups excluding carboxylic acids is 2. The normalized spacial score (nSPS) is 19.7. The van der Waals surface area contributed by atoms with E-state index in [4.69, 9.17) is 5.73 Å². The van der Waals surface area contributed by atoms with E-state index >= 15 is 0 Å². The van der Waals surface area contributed by atoms with Gasteiger partial charge >= 0.3 is 0 Å². The lowest BCUT2D eigenvalue weighted by Gasteiger charge is -2.29. The minimum absolute atomic E-state index is 0.118. The van der Waals surface area contributed by atoms with Gasteiger partial charge in [-0.3, -0.25) is 9.59 Å². The summed E-state index contributed by atoms with van der Waals surface area (Å²) in [6.45, 7) is 2.54. The second-order valence-electron chi connectivity index (χ2n) is 6.78. The zero-order valence-corrected chi connectivity index (χ0v) is 15.6. The maximum atomic E-state index is 12.5. The van der Waals surface area contributed by atoms with Gasteiger partial charge in [-0.15, -0.1) is 0 Å². The van der Waals surface area contributed by atoms with Crippen LogP contribution in [-0.4, -0.2) is 22.2 Å². The molecule has 2 amide bonds. The lowest BCUT2D eigenvalue weighted by atomic mass is 9.86. The van der Waals surface area contributed by atoms with Crippen LogP contribution in [0.2, 0.25) is 0 Å². The number of rotatable bonds is 5. The maximum absolute atomic E-state index is 12.5. The molecule has 1 saturated carbocycles. The third-order valence-electron chi connectivity index (χ3n) is 4.87. The molecule has 26 heavy (non-hydrogen) atoms. The summed E-state index contributed by atoms with van der Waals surface area (Å²) in [5.74, 6) is -0.149. The smallest absolute Gasteiger partial charge is 0.273 e. The van der Waals surface area contributed by atoms with Crippen molar-refractivity contribution in [1.29, 1.82) is 0 Å². The highest BCUT2D eigenvalue weighted by atomic mass is 32.1. The zero-order valence-electron chi connectivity index (χ0n) is 14.8. The number of aromatic nitrogens is 1. The second kappa shape index (κ2) is 8.31. The number of hydrogen-bond donors (Lipinski definition) is 3. The Bertz CT molecular complexity index is 775. The summed E-state index contributed by atoms with van der Waals surface area (Å²) in [5.41, 5.74) is 7.30. The summed E-state index contributed by atoms with van der Waals surface area (Å²) in [6.07, 6.45) is 4.44. The largest absolute Gasteiger partial charge is 0.395 e. The van der Waals surface area contributed by atoms with E-state index in [0.717, 1.165) is 36.4 Å². The monoisotopic (exact) mass is 372 g/mol. The number of amides is 2. The van der Waals surface area contributed by atoms with Gasteiger partial charge in [0.05, 0.1) is 5.69 Å². The number of nitrogens with zero attached hydrogens (tertiary/aromatic N) is 1. The van der Waals surface area contributed by atoms with Crippen molar-refractivity contribution in [3.05, 3.63) is 46.5 Å². The van der Waals surface area contributed by atoms with Gasteiger partial charge in [0.1, 0.15) is 4.88 Å². The van der Waals surface area contributed by atoms with Gasteiger partial charge in [-0.2, -0.15) is 4.37 Å². The van der Waals surface area contributed by atoms with Crippen LogP contribution >= 0.6 is 11.5 Å². The zero-order chi connectivity index (χ0) is 18.5. The molecule has 1 aliphatic rings. The van der Waals surface area contributed by atoms with Crippen molar-refractivity contribution in [2.75, 3.05) is 5.73 Å². The molecule has 1 heterocycles. The number of nitrogens with one attached hydrogen (secondary N) is 2.